The van der Waals surface area contributed by atoms with E-state index in [0.717, 1.165) is 12.8 Å². The molecule has 10 nitrogen and oxygen atoms in total. The molecule has 0 amide bonds. The molecule has 0 radical (unpaired) electrons. The summed E-state index contributed by atoms with van der Waals surface area (Å²) in [6, 6.07) is 7.86. The van der Waals surface area contributed by atoms with Gasteiger partial charge in [0.05, 0.1) is 19.8 Å². The molecule has 11 heteroatoms. The monoisotopic (exact) mass is 437 g/mol. The number of ether oxygens (including phenoxy) is 2. The van der Waals surface area contributed by atoms with Crippen LogP contribution in [0.25, 0.3) is 0 Å². The van der Waals surface area contributed by atoms with Crippen molar-refractivity contribution in [3.8, 4) is 5.75 Å². The highest BCUT2D eigenvalue weighted by atomic mass is 31.2. The fraction of sp³-hybridized carbons (Fsp3) is 0.421. The van der Waals surface area contributed by atoms with Crippen molar-refractivity contribution in [3.63, 3.8) is 0 Å². The smallest absolute Gasteiger partial charge is 0.404 e. The molecule has 3 rings (SSSR count). The minimum atomic E-state index is -3.65. The number of para-hydroxylation sites is 1. The Morgan fingerprint density at radius 1 is 1.37 bits per heavy atom. The maximum absolute atomic E-state index is 12.9. The quantitative estimate of drug-likeness (QED) is 0.376. The van der Waals surface area contributed by atoms with E-state index in [1.54, 1.807) is 12.1 Å². The van der Waals surface area contributed by atoms with Crippen molar-refractivity contribution in [1.82, 2.24) is 9.55 Å². The molecule has 2 aromatic rings. The standard InChI is InChI=1S/C19H24N3O7P/c1-2-3-10-26-18(23)15-6-4-5-7-16(15)29-30(25)13-27-14(12-28-30)11-22-9-8-17(20)21-19(22)24/h4-9,14H,2-3,10-13H2,1H3,(H2,20,21,24). The Balaban J connectivity index is 1.61. The summed E-state index contributed by atoms with van der Waals surface area (Å²) in [4.78, 5) is 27.8. The number of carbonyl (C=O) groups is 1. The number of hydrogen-bond acceptors (Lipinski definition) is 9. The van der Waals surface area contributed by atoms with Crippen LogP contribution in [0.15, 0.2) is 41.3 Å². The van der Waals surface area contributed by atoms with Crippen molar-refractivity contribution < 1.29 is 27.9 Å². The van der Waals surface area contributed by atoms with Crippen LogP contribution in [0.3, 0.4) is 0 Å². The summed E-state index contributed by atoms with van der Waals surface area (Å²) in [6.45, 7) is 2.38. The first-order chi connectivity index (χ1) is 14.4. The second-order valence-corrected chi connectivity index (χ2v) is 8.61. The maximum atomic E-state index is 12.9. The zero-order valence-corrected chi connectivity index (χ0v) is 17.5. The average Bonchev–Trinajstić information content (AvgIpc) is 2.72. The molecule has 0 spiro atoms. The number of nitrogens with two attached hydrogens (primary N) is 1. The highest BCUT2D eigenvalue weighted by molar-refractivity contribution is 7.54. The third-order valence-electron chi connectivity index (χ3n) is 4.30. The predicted octanol–water partition coefficient (Wildman–Crippen LogP) is 2.43. The van der Waals surface area contributed by atoms with Crippen LogP contribution in [-0.2, 0) is 25.1 Å². The third kappa shape index (κ3) is 5.69. The van der Waals surface area contributed by atoms with Crippen molar-refractivity contribution in [2.24, 2.45) is 0 Å². The van der Waals surface area contributed by atoms with Crippen LogP contribution in [0, 0.1) is 0 Å². The van der Waals surface area contributed by atoms with Gasteiger partial charge in [-0.2, -0.15) is 4.98 Å². The molecular weight excluding hydrogens is 413 g/mol. The van der Waals surface area contributed by atoms with Gasteiger partial charge in [-0.05, 0) is 24.6 Å². The molecule has 1 saturated heterocycles. The fourth-order valence-electron chi connectivity index (χ4n) is 2.69. The average molecular weight is 437 g/mol. The second kappa shape index (κ2) is 9.88. The van der Waals surface area contributed by atoms with E-state index in [-0.39, 0.29) is 36.6 Å². The summed E-state index contributed by atoms with van der Waals surface area (Å²) in [7, 11) is -3.65. The predicted molar refractivity (Wildman–Crippen MR) is 108 cm³/mol. The number of unbranched alkanes of at least 4 members (excludes halogenated alkanes) is 1. The van der Waals surface area contributed by atoms with Crippen molar-refractivity contribution in [3.05, 3.63) is 52.6 Å². The normalized spacial score (nSPS) is 21.2. The van der Waals surface area contributed by atoms with Crippen LogP contribution in [0.1, 0.15) is 30.1 Å². The number of nitrogens with zero attached hydrogens (tertiary/aromatic N) is 2. The summed E-state index contributed by atoms with van der Waals surface area (Å²) in [5, 5.41) is 0. The number of esters is 1. The zero-order chi connectivity index (χ0) is 21.6. The van der Waals surface area contributed by atoms with Crippen molar-refractivity contribution >= 4 is 19.4 Å². The Bertz CT molecular complexity index is 982. The lowest BCUT2D eigenvalue weighted by molar-refractivity contribution is -0.00714. The topological polar surface area (TPSA) is 132 Å². The number of aromatic nitrogens is 2. The van der Waals surface area contributed by atoms with Gasteiger partial charge in [0.25, 0.3) is 0 Å². The van der Waals surface area contributed by atoms with E-state index < -0.39 is 25.4 Å². The van der Waals surface area contributed by atoms with E-state index in [4.69, 9.17) is 24.3 Å². The van der Waals surface area contributed by atoms with Gasteiger partial charge in [-0.15, -0.1) is 0 Å². The highest BCUT2D eigenvalue weighted by Crippen LogP contribution is 2.51. The molecule has 1 aromatic heterocycles. The molecule has 0 saturated carbocycles. The lowest BCUT2D eigenvalue weighted by Crippen LogP contribution is -2.35. The molecular formula is C19H24N3O7P. The largest absolute Gasteiger partial charge is 0.462 e. The molecule has 1 aromatic carbocycles. The zero-order valence-electron chi connectivity index (χ0n) is 16.6. The van der Waals surface area contributed by atoms with Crippen molar-refractivity contribution in [2.75, 3.05) is 25.3 Å². The first-order valence-electron chi connectivity index (χ1n) is 9.54. The Labute approximate surface area is 173 Å². The molecule has 1 aliphatic rings. The van der Waals surface area contributed by atoms with E-state index in [1.165, 1.54) is 29.0 Å². The van der Waals surface area contributed by atoms with Gasteiger partial charge in [0.2, 0.25) is 0 Å². The number of nitrogen functional groups attached to an aromatic ring is 1. The van der Waals surface area contributed by atoms with Crippen molar-refractivity contribution in [1.29, 1.82) is 0 Å². The minimum absolute atomic E-state index is 0.0583. The molecule has 30 heavy (non-hydrogen) atoms. The van der Waals surface area contributed by atoms with E-state index in [1.807, 2.05) is 6.92 Å². The van der Waals surface area contributed by atoms with Crippen LogP contribution in [0.5, 0.6) is 5.75 Å². The van der Waals surface area contributed by atoms with E-state index in [0.29, 0.717) is 6.61 Å². The van der Waals surface area contributed by atoms with Gasteiger partial charge in [-0.3, -0.25) is 9.09 Å². The molecule has 1 aliphatic heterocycles. The van der Waals surface area contributed by atoms with Gasteiger partial charge >= 0.3 is 19.3 Å². The van der Waals surface area contributed by atoms with Crippen LogP contribution in [-0.4, -0.2) is 41.2 Å². The summed E-state index contributed by atoms with van der Waals surface area (Å²) < 4.78 is 36.0. The van der Waals surface area contributed by atoms with Crippen molar-refractivity contribution in [2.45, 2.75) is 32.4 Å². The number of hydrogen-bond donors (Lipinski definition) is 1. The van der Waals surface area contributed by atoms with Crippen LogP contribution in [0.4, 0.5) is 5.82 Å². The summed E-state index contributed by atoms with van der Waals surface area (Å²) in [6.07, 6.45) is 2.30. The van der Waals surface area contributed by atoms with Gasteiger partial charge < -0.3 is 19.7 Å². The van der Waals surface area contributed by atoms with Crippen LogP contribution >= 0.6 is 7.60 Å². The molecule has 0 bridgehead atoms. The minimum Gasteiger partial charge on any atom is -0.462 e. The number of anilines is 1. The first-order valence-corrected chi connectivity index (χ1v) is 11.3. The summed E-state index contributed by atoms with van der Waals surface area (Å²) in [5.74, 6) is -0.332. The molecule has 2 atom stereocenters. The number of rotatable bonds is 8. The van der Waals surface area contributed by atoms with E-state index in [9.17, 15) is 14.2 Å². The number of benzene rings is 1. The fourth-order valence-corrected chi connectivity index (χ4v) is 4.11. The molecule has 162 valence electrons. The first kappa shape index (κ1) is 22.0. The second-order valence-electron chi connectivity index (χ2n) is 6.69. The van der Waals surface area contributed by atoms with Gasteiger partial charge in [-0.1, -0.05) is 25.5 Å². The van der Waals surface area contributed by atoms with Gasteiger partial charge in [0, 0.05) is 6.20 Å². The Morgan fingerprint density at radius 3 is 2.87 bits per heavy atom. The van der Waals surface area contributed by atoms with Crippen LogP contribution < -0.4 is 15.9 Å². The SMILES string of the molecule is CCCCOC(=O)c1ccccc1OP1(=O)COC(Cn2ccc(N)nc2=O)CO1. The number of carbonyl (C=O) groups excluding carboxylic acids is 1. The van der Waals surface area contributed by atoms with Gasteiger partial charge in [-0.25, -0.2) is 14.2 Å². The third-order valence-corrected chi connectivity index (χ3v) is 5.78. The molecule has 2 unspecified atom stereocenters. The molecule has 2 heterocycles. The van der Waals surface area contributed by atoms with E-state index in [2.05, 4.69) is 4.98 Å². The molecule has 2 N–H and O–H groups in total. The summed E-state index contributed by atoms with van der Waals surface area (Å²) >= 11 is 0. The summed E-state index contributed by atoms with van der Waals surface area (Å²) in [5.41, 5.74) is 5.12. The maximum Gasteiger partial charge on any atom is 0.404 e. The molecule has 0 aliphatic carbocycles. The Morgan fingerprint density at radius 2 is 2.17 bits per heavy atom. The van der Waals surface area contributed by atoms with E-state index >= 15 is 0 Å². The lowest BCUT2D eigenvalue weighted by atomic mass is 10.2. The Kier molecular flexibility index (Phi) is 7.25. The Hall–Kier alpha value is -2.68. The van der Waals surface area contributed by atoms with Gasteiger partial charge in [0.15, 0.2) is 6.35 Å². The van der Waals surface area contributed by atoms with Gasteiger partial charge in [0.1, 0.15) is 23.2 Å². The van der Waals surface area contributed by atoms with Crippen LogP contribution in [0.2, 0.25) is 0 Å². The molecule has 1 fully saturated rings. The lowest BCUT2D eigenvalue weighted by Gasteiger charge is -2.29. The highest BCUT2D eigenvalue weighted by Gasteiger charge is 2.36.